The number of nitrogens with zero attached hydrogens (tertiary/aromatic N) is 5. The molecule has 2 aliphatic rings. The first-order valence-electron chi connectivity index (χ1n) is 9.02. The minimum atomic E-state index is -0.559. The summed E-state index contributed by atoms with van der Waals surface area (Å²) in [5.41, 5.74) is 0.348. The lowest BCUT2D eigenvalue weighted by Crippen LogP contribution is -2.53. The molecule has 144 valence electrons. The van der Waals surface area contributed by atoms with Crippen molar-refractivity contribution in [3.05, 3.63) is 51.7 Å². The number of hydrogen-bond acceptors (Lipinski definition) is 6. The molecule has 0 radical (unpaired) electrons. The van der Waals surface area contributed by atoms with Crippen LogP contribution in [0.5, 0.6) is 0 Å². The largest absolute Gasteiger partial charge is 0.366 e. The highest BCUT2D eigenvalue weighted by atomic mass is 19.1. The Hall–Kier alpha value is -3.41. The monoisotopic (exact) mass is 382 g/mol. The van der Waals surface area contributed by atoms with Gasteiger partial charge in [-0.05, 0) is 17.7 Å². The molecule has 1 aromatic heterocycles. The summed E-state index contributed by atoms with van der Waals surface area (Å²) in [5, 5.41) is 12.0. The van der Waals surface area contributed by atoms with Gasteiger partial charge in [0.25, 0.3) is 0 Å². The van der Waals surface area contributed by atoms with Crippen molar-refractivity contribution in [1.82, 2.24) is 14.5 Å². The minimum absolute atomic E-state index is 0.0209. The predicted molar refractivity (Wildman–Crippen MR) is 100 cm³/mol. The smallest absolute Gasteiger partial charge is 0.351 e. The summed E-state index contributed by atoms with van der Waals surface area (Å²) in [6.45, 7) is 4.25. The summed E-state index contributed by atoms with van der Waals surface area (Å²) in [6.07, 6.45) is 0. The summed E-state index contributed by atoms with van der Waals surface area (Å²) in [4.78, 5) is 32.1. The number of nitriles is 1. The summed E-state index contributed by atoms with van der Waals surface area (Å²) in [5.74, 6) is 0.691. The van der Waals surface area contributed by atoms with Crippen LogP contribution in [0.2, 0.25) is 0 Å². The van der Waals surface area contributed by atoms with Crippen molar-refractivity contribution >= 4 is 17.5 Å². The molecular weight excluding hydrogens is 363 g/mol. The van der Waals surface area contributed by atoms with Gasteiger partial charge in [0.05, 0.1) is 18.2 Å². The molecule has 1 fully saturated rings. The van der Waals surface area contributed by atoms with Crippen LogP contribution in [-0.2, 0) is 17.9 Å². The van der Waals surface area contributed by atoms with Crippen LogP contribution >= 0.6 is 0 Å². The normalized spacial score (nSPS) is 17.7. The van der Waals surface area contributed by atoms with E-state index in [0.29, 0.717) is 44.1 Å². The van der Waals surface area contributed by atoms with Crippen molar-refractivity contribution in [2.24, 2.45) is 0 Å². The van der Waals surface area contributed by atoms with Crippen molar-refractivity contribution in [1.29, 1.82) is 5.26 Å². The lowest BCUT2D eigenvalue weighted by molar-refractivity contribution is -0.129. The van der Waals surface area contributed by atoms with Gasteiger partial charge in [0, 0.05) is 39.2 Å². The van der Waals surface area contributed by atoms with Crippen LogP contribution in [0.3, 0.4) is 0 Å². The van der Waals surface area contributed by atoms with E-state index in [1.165, 1.54) is 12.1 Å². The third kappa shape index (κ3) is 3.17. The Kier molecular flexibility index (Phi) is 4.47. The molecule has 0 spiro atoms. The van der Waals surface area contributed by atoms with Crippen LogP contribution in [-0.4, -0.2) is 46.0 Å². The zero-order chi connectivity index (χ0) is 19.8. The Balaban J connectivity index is 1.53. The van der Waals surface area contributed by atoms with Gasteiger partial charge in [-0.3, -0.25) is 9.36 Å². The quantitative estimate of drug-likeness (QED) is 0.848. The second kappa shape index (κ2) is 6.96. The van der Waals surface area contributed by atoms with E-state index < -0.39 is 5.82 Å². The lowest BCUT2D eigenvalue weighted by atomic mass is 10.1. The van der Waals surface area contributed by atoms with Gasteiger partial charge in [0.1, 0.15) is 23.5 Å². The van der Waals surface area contributed by atoms with E-state index in [1.807, 2.05) is 12.1 Å². The van der Waals surface area contributed by atoms with Crippen LogP contribution in [0.25, 0.3) is 0 Å². The Morgan fingerprint density at radius 2 is 2.18 bits per heavy atom. The van der Waals surface area contributed by atoms with Gasteiger partial charge in [0.15, 0.2) is 0 Å². The Bertz CT molecular complexity index is 1040. The van der Waals surface area contributed by atoms with Gasteiger partial charge in [0.2, 0.25) is 5.91 Å². The summed E-state index contributed by atoms with van der Waals surface area (Å²) in [6, 6.07) is 8.00. The molecule has 0 saturated carbocycles. The van der Waals surface area contributed by atoms with Gasteiger partial charge in [-0.15, -0.1) is 0 Å². The zero-order valence-corrected chi connectivity index (χ0v) is 15.4. The number of carbonyl (C=O) groups is 1. The number of carbonyl (C=O) groups excluding carboxylic acids is 1. The minimum Gasteiger partial charge on any atom is -0.366 e. The van der Waals surface area contributed by atoms with Crippen LogP contribution in [0, 0.1) is 17.1 Å². The van der Waals surface area contributed by atoms with Crippen molar-refractivity contribution in [2.75, 3.05) is 29.9 Å². The third-order valence-corrected chi connectivity index (χ3v) is 5.23. The number of amides is 1. The standard InChI is InChI=1S/C19H19FN6O2/c1-12(27)24-4-5-25-15(10-24)11-26-18(25)7-17(23-19(26)28)22-9-13-2-3-16(20)14(6-13)8-21/h2-3,6-7,15H,4-5,9-11H2,1H3,(H,22,23,28). The van der Waals surface area contributed by atoms with Gasteiger partial charge in [-0.25, -0.2) is 9.18 Å². The first-order chi connectivity index (χ1) is 13.5. The molecule has 1 unspecified atom stereocenters. The highest BCUT2D eigenvalue weighted by Crippen LogP contribution is 2.28. The van der Waals surface area contributed by atoms with Crippen LogP contribution in [0.4, 0.5) is 16.0 Å². The van der Waals surface area contributed by atoms with Crippen molar-refractivity contribution in [2.45, 2.75) is 26.1 Å². The number of piperazine rings is 1. The topological polar surface area (TPSA) is 94.3 Å². The van der Waals surface area contributed by atoms with Crippen molar-refractivity contribution in [3.8, 4) is 6.07 Å². The van der Waals surface area contributed by atoms with E-state index in [1.54, 1.807) is 22.5 Å². The molecule has 1 atom stereocenters. The number of aromatic nitrogens is 2. The van der Waals surface area contributed by atoms with Gasteiger partial charge >= 0.3 is 5.69 Å². The number of rotatable bonds is 3. The maximum Gasteiger partial charge on any atom is 0.351 e. The fourth-order valence-electron chi connectivity index (χ4n) is 3.76. The van der Waals surface area contributed by atoms with Crippen molar-refractivity contribution in [3.63, 3.8) is 0 Å². The molecule has 3 heterocycles. The Labute approximate surface area is 160 Å². The SMILES string of the molecule is CC(=O)N1CCN2c3cc(NCc4ccc(F)c(C#N)c4)nc(=O)n3CC2C1. The van der Waals surface area contributed by atoms with Crippen LogP contribution in [0.15, 0.2) is 29.1 Å². The molecule has 2 aliphatic heterocycles. The fourth-order valence-corrected chi connectivity index (χ4v) is 3.76. The molecular formula is C19H19FN6O2. The lowest BCUT2D eigenvalue weighted by Gasteiger charge is -2.37. The van der Waals surface area contributed by atoms with E-state index in [4.69, 9.17) is 5.26 Å². The average molecular weight is 382 g/mol. The van der Waals surface area contributed by atoms with Gasteiger partial charge < -0.3 is 15.1 Å². The van der Waals surface area contributed by atoms with E-state index in [2.05, 4.69) is 15.2 Å². The molecule has 0 aliphatic carbocycles. The van der Waals surface area contributed by atoms with Gasteiger partial charge in [-0.2, -0.15) is 10.2 Å². The van der Waals surface area contributed by atoms with E-state index in [-0.39, 0.29) is 23.2 Å². The molecule has 28 heavy (non-hydrogen) atoms. The van der Waals surface area contributed by atoms with E-state index >= 15 is 0 Å². The maximum atomic E-state index is 13.4. The predicted octanol–water partition coefficient (Wildman–Crippen LogP) is 0.917. The number of halogens is 1. The number of benzene rings is 1. The molecule has 1 N–H and O–H groups in total. The van der Waals surface area contributed by atoms with E-state index in [0.717, 1.165) is 5.82 Å². The first kappa shape index (κ1) is 18.0. The maximum absolute atomic E-state index is 13.4. The van der Waals surface area contributed by atoms with Gasteiger partial charge in [-0.1, -0.05) is 6.07 Å². The van der Waals surface area contributed by atoms with Crippen LogP contribution in [0.1, 0.15) is 18.1 Å². The summed E-state index contributed by atoms with van der Waals surface area (Å²) >= 11 is 0. The molecule has 1 amide bonds. The van der Waals surface area contributed by atoms with E-state index in [9.17, 15) is 14.0 Å². The second-order valence-corrected chi connectivity index (χ2v) is 6.98. The molecule has 2 aromatic rings. The Morgan fingerprint density at radius 1 is 1.36 bits per heavy atom. The fraction of sp³-hybridized carbons (Fsp3) is 0.368. The molecule has 4 rings (SSSR count). The first-order valence-corrected chi connectivity index (χ1v) is 9.02. The molecule has 0 bridgehead atoms. The number of anilines is 2. The number of fused-ring (bicyclic) bond motifs is 3. The summed E-state index contributed by atoms with van der Waals surface area (Å²) < 4.78 is 15.1. The molecule has 1 saturated heterocycles. The van der Waals surface area contributed by atoms with Crippen LogP contribution < -0.4 is 15.9 Å². The zero-order valence-electron chi connectivity index (χ0n) is 15.4. The number of nitrogens with one attached hydrogen (secondary N) is 1. The highest BCUT2D eigenvalue weighted by Gasteiger charge is 2.36. The highest BCUT2D eigenvalue weighted by molar-refractivity contribution is 5.73. The Morgan fingerprint density at radius 3 is 2.93 bits per heavy atom. The number of hydrogen-bond donors (Lipinski definition) is 1. The molecule has 9 heteroatoms. The molecule has 8 nitrogen and oxygen atoms in total. The van der Waals surface area contributed by atoms with Crippen molar-refractivity contribution < 1.29 is 9.18 Å². The summed E-state index contributed by atoms with van der Waals surface area (Å²) in [7, 11) is 0. The molecule has 1 aromatic carbocycles. The third-order valence-electron chi connectivity index (χ3n) is 5.23. The average Bonchev–Trinajstić information content (AvgIpc) is 3.06. The second-order valence-electron chi connectivity index (χ2n) is 6.98.